The summed E-state index contributed by atoms with van der Waals surface area (Å²) >= 11 is 0. The largest absolute Gasteiger partial charge is 0.377 e. The first kappa shape index (κ1) is 24.9. The summed E-state index contributed by atoms with van der Waals surface area (Å²) in [5.41, 5.74) is 1.85. The number of urea groups is 1. The smallest absolute Gasteiger partial charge is 0.319 e. The van der Waals surface area contributed by atoms with Gasteiger partial charge in [-0.05, 0) is 37.1 Å². The Morgan fingerprint density at radius 1 is 1.24 bits per heavy atom. The van der Waals surface area contributed by atoms with Gasteiger partial charge in [-0.1, -0.05) is 20.8 Å². The van der Waals surface area contributed by atoms with Crippen molar-refractivity contribution in [3.63, 3.8) is 0 Å². The van der Waals surface area contributed by atoms with Gasteiger partial charge in [0.05, 0.1) is 30.7 Å². The van der Waals surface area contributed by atoms with E-state index in [0.29, 0.717) is 55.2 Å². The second-order valence-corrected chi connectivity index (χ2v) is 11.0. The number of hydrogen-bond donors (Lipinski definition) is 2. The molecule has 2 aromatic rings. The zero-order chi connectivity index (χ0) is 24.0. The molecule has 0 aliphatic carbocycles. The molecule has 2 amide bonds. The summed E-state index contributed by atoms with van der Waals surface area (Å²) < 4.78 is 30.1. The molecule has 1 saturated heterocycles. The highest BCUT2D eigenvalue weighted by Crippen LogP contribution is 2.25. The van der Waals surface area contributed by atoms with E-state index < -0.39 is 9.84 Å². The molecular formula is C23H33N5O4S. The van der Waals surface area contributed by atoms with Crippen molar-refractivity contribution < 1.29 is 17.9 Å². The van der Waals surface area contributed by atoms with Gasteiger partial charge in [-0.15, -0.1) is 0 Å². The molecule has 33 heavy (non-hydrogen) atoms. The van der Waals surface area contributed by atoms with Gasteiger partial charge in [0, 0.05) is 36.2 Å². The Morgan fingerprint density at radius 2 is 1.97 bits per heavy atom. The lowest BCUT2D eigenvalue weighted by Crippen LogP contribution is -2.44. The maximum Gasteiger partial charge on any atom is 0.319 e. The van der Waals surface area contributed by atoms with Crippen LogP contribution in [-0.4, -0.2) is 62.5 Å². The fraction of sp³-hybridized carbons (Fsp3) is 0.522. The van der Waals surface area contributed by atoms with Crippen LogP contribution < -0.4 is 15.5 Å². The highest BCUT2D eigenvalue weighted by Gasteiger charge is 2.23. The number of aromatic nitrogens is 2. The van der Waals surface area contributed by atoms with E-state index in [1.807, 2.05) is 32.9 Å². The number of nitrogens with one attached hydrogen (secondary N) is 2. The monoisotopic (exact) mass is 475 g/mol. The molecule has 2 heterocycles. The predicted octanol–water partition coefficient (Wildman–Crippen LogP) is 3.08. The lowest BCUT2D eigenvalue weighted by Gasteiger charge is -2.34. The van der Waals surface area contributed by atoms with Crippen molar-refractivity contribution in [3.05, 3.63) is 36.0 Å². The molecule has 0 bridgehead atoms. The normalized spacial score (nSPS) is 16.6. The minimum absolute atomic E-state index is 0.0505. The van der Waals surface area contributed by atoms with Crippen LogP contribution in [0.25, 0.3) is 11.4 Å². The van der Waals surface area contributed by atoms with Gasteiger partial charge in [0.25, 0.3) is 0 Å². The van der Waals surface area contributed by atoms with E-state index in [2.05, 4.69) is 20.5 Å². The zero-order valence-corrected chi connectivity index (χ0v) is 20.5. The van der Waals surface area contributed by atoms with E-state index in [-0.39, 0.29) is 23.6 Å². The second kappa shape index (κ2) is 10.9. The van der Waals surface area contributed by atoms with Crippen LogP contribution in [0.15, 0.2) is 30.3 Å². The van der Waals surface area contributed by atoms with Gasteiger partial charge in [0.2, 0.25) is 0 Å². The Balaban J connectivity index is 1.87. The molecule has 1 atom stereocenters. The molecule has 1 aromatic heterocycles. The van der Waals surface area contributed by atoms with Crippen molar-refractivity contribution in [3.8, 4) is 11.4 Å². The molecule has 180 valence electrons. The van der Waals surface area contributed by atoms with E-state index in [1.165, 1.54) is 0 Å². The number of benzene rings is 1. The van der Waals surface area contributed by atoms with E-state index in [0.717, 1.165) is 5.56 Å². The average Bonchev–Trinajstić information content (AvgIpc) is 2.78. The highest BCUT2D eigenvalue weighted by atomic mass is 32.2. The van der Waals surface area contributed by atoms with E-state index in [4.69, 9.17) is 9.72 Å². The third-order valence-electron chi connectivity index (χ3n) is 5.31. The van der Waals surface area contributed by atoms with Crippen molar-refractivity contribution >= 4 is 27.4 Å². The Morgan fingerprint density at radius 3 is 2.61 bits per heavy atom. The topological polar surface area (TPSA) is 114 Å². The van der Waals surface area contributed by atoms with Gasteiger partial charge in [0.1, 0.15) is 5.82 Å². The maximum absolute atomic E-state index is 12.3. The van der Waals surface area contributed by atoms with E-state index >= 15 is 0 Å². The molecule has 3 rings (SSSR count). The lowest BCUT2D eigenvalue weighted by atomic mass is 10.2. The summed E-state index contributed by atoms with van der Waals surface area (Å²) in [6, 6.07) is 8.81. The molecule has 9 nitrogen and oxygen atoms in total. The van der Waals surface area contributed by atoms with Crippen molar-refractivity contribution in [2.75, 3.05) is 42.3 Å². The van der Waals surface area contributed by atoms with Crippen molar-refractivity contribution in [2.24, 2.45) is 5.92 Å². The standard InChI is InChI=1S/C23H33N5O4S/c1-5-33(30,31)15-20-12-21(28-10-11-32-14-17(28)4)27-22(25-20)18-6-8-19(9-7-18)26-23(29)24-13-16(2)3/h6-9,12,16-17H,5,10-11,13-15H2,1-4H3,(H2,24,26,29)/t17-/m0/s1. The molecule has 2 N–H and O–H groups in total. The summed E-state index contributed by atoms with van der Waals surface area (Å²) in [5.74, 6) is 1.41. The van der Waals surface area contributed by atoms with Crippen molar-refractivity contribution in [1.29, 1.82) is 0 Å². The summed E-state index contributed by atoms with van der Waals surface area (Å²) in [5, 5.41) is 5.61. The van der Waals surface area contributed by atoms with Crippen LogP contribution in [0.5, 0.6) is 0 Å². The fourth-order valence-corrected chi connectivity index (χ4v) is 4.21. The molecule has 0 radical (unpaired) electrons. The first-order valence-corrected chi connectivity index (χ1v) is 13.1. The first-order valence-electron chi connectivity index (χ1n) is 11.2. The number of hydrogen-bond acceptors (Lipinski definition) is 7. The summed E-state index contributed by atoms with van der Waals surface area (Å²) in [6.07, 6.45) is 0. The predicted molar refractivity (Wildman–Crippen MR) is 130 cm³/mol. The Hall–Kier alpha value is -2.72. The number of carbonyl (C=O) groups excluding carboxylic acids is 1. The van der Waals surface area contributed by atoms with Crippen LogP contribution in [0.4, 0.5) is 16.3 Å². The van der Waals surface area contributed by atoms with Gasteiger partial charge in [0.15, 0.2) is 15.7 Å². The second-order valence-electron chi connectivity index (χ2n) is 8.64. The Bertz CT molecular complexity index is 1060. The Kier molecular flexibility index (Phi) is 8.25. The van der Waals surface area contributed by atoms with Crippen molar-refractivity contribution in [1.82, 2.24) is 15.3 Å². The quantitative estimate of drug-likeness (QED) is 0.603. The van der Waals surface area contributed by atoms with Gasteiger partial charge in [-0.2, -0.15) is 0 Å². The lowest BCUT2D eigenvalue weighted by molar-refractivity contribution is 0.0985. The molecule has 0 saturated carbocycles. The number of rotatable bonds is 8. The molecular weight excluding hydrogens is 442 g/mol. The minimum Gasteiger partial charge on any atom is -0.377 e. The SMILES string of the molecule is CCS(=O)(=O)Cc1cc(N2CCOC[C@@H]2C)nc(-c2ccc(NC(=O)NCC(C)C)cc2)n1. The van der Waals surface area contributed by atoms with Crippen LogP contribution >= 0.6 is 0 Å². The molecule has 1 aliphatic rings. The number of nitrogens with zero attached hydrogens (tertiary/aromatic N) is 3. The van der Waals surface area contributed by atoms with Gasteiger partial charge < -0.3 is 20.3 Å². The van der Waals surface area contributed by atoms with Crippen LogP contribution in [0.2, 0.25) is 0 Å². The Labute approximate surface area is 195 Å². The third-order valence-corrected chi connectivity index (χ3v) is 6.92. The van der Waals surface area contributed by atoms with E-state index in [9.17, 15) is 13.2 Å². The van der Waals surface area contributed by atoms with Crippen LogP contribution in [0.3, 0.4) is 0 Å². The summed E-state index contributed by atoms with van der Waals surface area (Å²) in [4.78, 5) is 23.4. The fourth-order valence-electron chi connectivity index (χ4n) is 3.40. The minimum atomic E-state index is -3.25. The van der Waals surface area contributed by atoms with Crippen molar-refractivity contribution in [2.45, 2.75) is 39.5 Å². The number of amides is 2. The number of carbonyl (C=O) groups is 1. The summed E-state index contributed by atoms with van der Waals surface area (Å²) in [6.45, 7) is 10.2. The summed E-state index contributed by atoms with van der Waals surface area (Å²) in [7, 11) is -3.25. The molecule has 0 spiro atoms. The molecule has 1 aliphatic heterocycles. The molecule has 10 heteroatoms. The number of anilines is 2. The van der Waals surface area contributed by atoms with Crippen LogP contribution in [-0.2, 0) is 20.3 Å². The highest BCUT2D eigenvalue weighted by molar-refractivity contribution is 7.90. The van der Waals surface area contributed by atoms with Crippen LogP contribution in [0.1, 0.15) is 33.4 Å². The number of ether oxygens (including phenoxy) is 1. The molecule has 1 aromatic carbocycles. The molecule has 1 fully saturated rings. The van der Waals surface area contributed by atoms with Gasteiger partial charge >= 0.3 is 6.03 Å². The number of sulfone groups is 1. The van der Waals surface area contributed by atoms with Crippen LogP contribution in [0, 0.1) is 5.92 Å². The van der Waals surface area contributed by atoms with Gasteiger partial charge in [-0.25, -0.2) is 23.2 Å². The van der Waals surface area contributed by atoms with E-state index in [1.54, 1.807) is 25.1 Å². The van der Waals surface area contributed by atoms with Gasteiger partial charge in [-0.3, -0.25) is 0 Å². The first-order chi connectivity index (χ1) is 15.7. The third kappa shape index (κ3) is 7.13. The number of morpholine rings is 1. The zero-order valence-electron chi connectivity index (χ0n) is 19.7. The molecule has 0 unspecified atom stereocenters. The maximum atomic E-state index is 12.3. The average molecular weight is 476 g/mol.